The molecule has 0 bridgehead atoms. The van der Waals surface area contributed by atoms with Gasteiger partial charge in [0.15, 0.2) is 10.8 Å². The Bertz CT molecular complexity index is 431. The summed E-state index contributed by atoms with van der Waals surface area (Å²) < 4.78 is 4.72. The Hall–Kier alpha value is -1.10. The SMILES string of the molecule is COC(=O)c1nc(NC2CCCCC2C)sc1C. The minimum atomic E-state index is -0.353. The number of rotatable bonds is 3. The maximum absolute atomic E-state index is 11.5. The van der Waals surface area contributed by atoms with Crippen molar-refractivity contribution >= 4 is 22.4 Å². The molecule has 2 unspecified atom stereocenters. The van der Waals surface area contributed by atoms with E-state index in [0.717, 1.165) is 10.0 Å². The number of anilines is 1. The second-order valence-electron chi connectivity index (χ2n) is 4.93. The zero-order chi connectivity index (χ0) is 13.1. The molecule has 1 aliphatic carbocycles. The Morgan fingerprint density at radius 2 is 2.17 bits per heavy atom. The predicted molar refractivity (Wildman–Crippen MR) is 73.2 cm³/mol. The molecule has 100 valence electrons. The fourth-order valence-electron chi connectivity index (χ4n) is 2.43. The summed E-state index contributed by atoms with van der Waals surface area (Å²) in [6.45, 7) is 4.18. The first kappa shape index (κ1) is 13.3. The van der Waals surface area contributed by atoms with Gasteiger partial charge in [-0.25, -0.2) is 9.78 Å². The van der Waals surface area contributed by atoms with Gasteiger partial charge in [-0.1, -0.05) is 19.8 Å². The smallest absolute Gasteiger partial charge is 0.357 e. The van der Waals surface area contributed by atoms with Crippen LogP contribution in [-0.4, -0.2) is 24.1 Å². The number of aromatic nitrogens is 1. The number of hydrogen-bond donors (Lipinski definition) is 1. The molecule has 2 atom stereocenters. The van der Waals surface area contributed by atoms with Crippen LogP contribution in [0.15, 0.2) is 0 Å². The van der Waals surface area contributed by atoms with Crippen molar-refractivity contribution in [3.63, 3.8) is 0 Å². The molecule has 1 N–H and O–H groups in total. The first-order valence-electron chi connectivity index (χ1n) is 6.44. The van der Waals surface area contributed by atoms with Crippen LogP contribution in [0.4, 0.5) is 5.13 Å². The van der Waals surface area contributed by atoms with Crippen LogP contribution in [0, 0.1) is 12.8 Å². The van der Waals surface area contributed by atoms with Crippen LogP contribution in [0.3, 0.4) is 0 Å². The molecular formula is C13H20N2O2S. The van der Waals surface area contributed by atoms with Gasteiger partial charge in [0.2, 0.25) is 0 Å². The van der Waals surface area contributed by atoms with E-state index < -0.39 is 0 Å². The molecule has 1 aromatic heterocycles. The van der Waals surface area contributed by atoms with Gasteiger partial charge >= 0.3 is 5.97 Å². The summed E-state index contributed by atoms with van der Waals surface area (Å²) in [5, 5.41) is 4.31. The third-order valence-corrected chi connectivity index (χ3v) is 4.50. The van der Waals surface area contributed by atoms with Crippen LogP contribution in [0.2, 0.25) is 0 Å². The van der Waals surface area contributed by atoms with Crippen molar-refractivity contribution in [2.75, 3.05) is 12.4 Å². The Labute approximate surface area is 112 Å². The molecule has 1 aliphatic rings. The van der Waals surface area contributed by atoms with Gasteiger partial charge in [0.05, 0.1) is 7.11 Å². The Morgan fingerprint density at radius 1 is 1.44 bits per heavy atom. The molecule has 18 heavy (non-hydrogen) atoms. The number of hydrogen-bond acceptors (Lipinski definition) is 5. The Kier molecular flexibility index (Phi) is 4.22. The summed E-state index contributed by atoms with van der Waals surface area (Å²) in [6, 6.07) is 0.481. The van der Waals surface area contributed by atoms with Gasteiger partial charge in [-0.15, -0.1) is 11.3 Å². The summed E-state index contributed by atoms with van der Waals surface area (Å²) in [5.74, 6) is 0.318. The summed E-state index contributed by atoms with van der Waals surface area (Å²) in [4.78, 5) is 16.8. The van der Waals surface area contributed by atoms with Gasteiger partial charge in [-0.3, -0.25) is 0 Å². The van der Waals surface area contributed by atoms with E-state index in [1.165, 1.54) is 44.1 Å². The van der Waals surface area contributed by atoms with Gasteiger partial charge < -0.3 is 10.1 Å². The van der Waals surface area contributed by atoms with Crippen molar-refractivity contribution in [1.29, 1.82) is 0 Å². The normalized spacial score (nSPS) is 23.7. The van der Waals surface area contributed by atoms with E-state index in [0.29, 0.717) is 17.7 Å². The molecule has 4 nitrogen and oxygen atoms in total. The van der Waals surface area contributed by atoms with Crippen molar-refractivity contribution in [2.24, 2.45) is 5.92 Å². The van der Waals surface area contributed by atoms with Crippen molar-refractivity contribution in [3.05, 3.63) is 10.6 Å². The van der Waals surface area contributed by atoms with E-state index in [2.05, 4.69) is 17.2 Å². The number of esters is 1. The molecule has 0 saturated heterocycles. The van der Waals surface area contributed by atoms with E-state index in [-0.39, 0.29) is 5.97 Å². The molecule has 5 heteroatoms. The van der Waals surface area contributed by atoms with Gasteiger partial charge in [-0.2, -0.15) is 0 Å². The third-order valence-electron chi connectivity index (χ3n) is 3.60. The number of ether oxygens (including phenoxy) is 1. The lowest BCUT2D eigenvalue weighted by molar-refractivity contribution is 0.0594. The van der Waals surface area contributed by atoms with Crippen molar-refractivity contribution in [3.8, 4) is 0 Å². The minimum absolute atomic E-state index is 0.353. The second kappa shape index (κ2) is 5.69. The summed E-state index contributed by atoms with van der Waals surface area (Å²) in [5.41, 5.74) is 0.438. The fraction of sp³-hybridized carbons (Fsp3) is 0.692. The quantitative estimate of drug-likeness (QED) is 0.855. The summed E-state index contributed by atoms with van der Waals surface area (Å²) in [6.07, 6.45) is 5.05. The number of carbonyl (C=O) groups excluding carboxylic acids is 1. The number of carbonyl (C=O) groups is 1. The van der Waals surface area contributed by atoms with Crippen LogP contribution >= 0.6 is 11.3 Å². The molecule has 0 amide bonds. The van der Waals surface area contributed by atoms with E-state index >= 15 is 0 Å². The van der Waals surface area contributed by atoms with Crippen LogP contribution in [0.25, 0.3) is 0 Å². The average Bonchev–Trinajstić information content (AvgIpc) is 2.72. The van der Waals surface area contributed by atoms with Crippen LogP contribution < -0.4 is 5.32 Å². The zero-order valence-electron chi connectivity index (χ0n) is 11.2. The largest absolute Gasteiger partial charge is 0.464 e. The monoisotopic (exact) mass is 268 g/mol. The molecule has 0 radical (unpaired) electrons. The zero-order valence-corrected chi connectivity index (χ0v) is 12.0. The number of nitrogens with one attached hydrogen (secondary N) is 1. The number of methoxy groups -OCH3 is 1. The first-order valence-corrected chi connectivity index (χ1v) is 7.25. The molecule has 0 aliphatic heterocycles. The molecule has 1 fully saturated rings. The van der Waals surface area contributed by atoms with E-state index in [4.69, 9.17) is 4.74 Å². The molecule has 1 saturated carbocycles. The van der Waals surface area contributed by atoms with Crippen molar-refractivity contribution in [1.82, 2.24) is 4.98 Å². The van der Waals surface area contributed by atoms with Gasteiger partial charge in [0.1, 0.15) is 0 Å². The van der Waals surface area contributed by atoms with E-state index in [1.54, 1.807) is 0 Å². The number of aryl methyl sites for hydroxylation is 1. The Morgan fingerprint density at radius 3 is 2.83 bits per heavy atom. The van der Waals surface area contributed by atoms with Gasteiger partial charge in [0.25, 0.3) is 0 Å². The number of thiazole rings is 1. The Balaban J connectivity index is 2.07. The van der Waals surface area contributed by atoms with Crippen LogP contribution in [0.5, 0.6) is 0 Å². The summed E-state index contributed by atoms with van der Waals surface area (Å²) >= 11 is 1.53. The molecular weight excluding hydrogens is 248 g/mol. The van der Waals surface area contributed by atoms with E-state index in [1.807, 2.05) is 6.92 Å². The van der Waals surface area contributed by atoms with Gasteiger partial charge in [-0.05, 0) is 25.7 Å². The van der Waals surface area contributed by atoms with Crippen molar-refractivity contribution < 1.29 is 9.53 Å². The van der Waals surface area contributed by atoms with Crippen molar-refractivity contribution in [2.45, 2.75) is 45.6 Å². The average molecular weight is 268 g/mol. The lowest BCUT2D eigenvalue weighted by Gasteiger charge is -2.29. The molecule has 0 spiro atoms. The molecule has 1 heterocycles. The third kappa shape index (κ3) is 2.83. The highest BCUT2D eigenvalue weighted by atomic mass is 32.1. The first-order chi connectivity index (χ1) is 8.61. The summed E-state index contributed by atoms with van der Waals surface area (Å²) in [7, 11) is 1.39. The maximum Gasteiger partial charge on any atom is 0.357 e. The minimum Gasteiger partial charge on any atom is -0.464 e. The highest BCUT2D eigenvalue weighted by Gasteiger charge is 2.23. The highest BCUT2D eigenvalue weighted by Crippen LogP contribution is 2.29. The van der Waals surface area contributed by atoms with Gasteiger partial charge in [0, 0.05) is 10.9 Å². The predicted octanol–water partition coefficient (Wildman–Crippen LogP) is 3.23. The topological polar surface area (TPSA) is 51.2 Å². The standard InChI is InChI=1S/C13H20N2O2S/c1-8-6-4-5-7-10(8)14-13-15-11(9(2)18-13)12(16)17-3/h8,10H,4-7H2,1-3H3,(H,14,15). The molecule has 0 aromatic carbocycles. The fourth-order valence-corrected chi connectivity index (χ4v) is 3.30. The van der Waals surface area contributed by atoms with Crippen LogP contribution in [-0.2, 0) is 4.74 Å². The second-order valence-corrected chi connectivity index (χ2v) is 6.13. The lowest BCUT2D eigenvalue weighted by Crippen LogP contribution is -2.30. The van der Waals surface area contributed by atoms with E-state index in [9.17, 15) is 4.79 Å². The maximum atomic E-state index is 11.5. The van der Waals surface area contributed by atoms with Crippen LogP contribution in [0.1, 0.15) is 48.0 Å². The lowest BCUT2D eigenvalue weighted by atomic mass is 9.86. The number of nitrogens with zero attached hydrogens (tertiary/aromatic N) is 1. The molecule has 2 rings (SSSR count). The molecule has 1 aromatic rings. The highest BCUT2D eigenvalue weighted by molar-refractivity contribution is 7.15.